The minimum absolute atomic E-state index is 0.0440. The second-order valence-electron chi connectivity index (χ2n) is 7.14. The topological polar surface area (TPSA) is 84.0 Å². The Labute approximate surface area is 170 Å². The standard InChI is InChI=1S/C22H26N4O3/c1-23-22(24-13-15-6-4-9-19-21(15)29-11-5-10-28-19)25-14-16-12-20(27)26-18-8-3-2-7-17(16)18/h2-4,6-9,16H,5,10-14H2,1H3,(H,26,27)(H2,23,24,25). The highest BCUT2D eigenvalue weighted by Gasteiger charge is 2.24. The van der Waals surface area contributed by atoms with Crippen molar-refractivity contribution in [3.8, 4) is 11.5 Å². The molecule has 0 aliphatic carbocycles. The third-order valence-electron chi connectivity index (χ3n) is 5.15. The number of carbonyl (C=O) groups excluding carboxylic acids is 1. The Morgan fingerprint density at radius 3 is 2.90 bits per heavy atom. The zero-order valence-electron chi connectivity index (χ0n) is 16.5. The van der Waals surface area contributed by atoms with Crippen molar-refractivity contribution in [3.05, 3.63) is 53.6 Å². The van der Waals surface area contributed by atoms with Gasteiger partial charge in [0, 0.05) is 50.1 Å². The minimum Gasteiger partial charge on any atom is -0.490 e. The van der Waals surface area contributed by atoms with Crippen molar-refractivity contribution >= 4 is 17.6 Å². The molecule has 2 aliphatic rings. The van der Waals surface area contributed by atoms with Crippen LogP contribution in [0.15, 0.2) is 47.5 Å². The van der Waals surface area contributed by atoms with E-state index < -0.39 is 0 Å². The molecule has 7 nitrogen and oxygen atoms in total. The molecule has 4 rings (SSSR count). The van der Waals surface area contributed by atoms with Crippen LogP contribution in [0.25, 0.3) is 0 Å². The lowest BCUT2D eigenvalue weighted by Crippen LogP contribution is -2.40. The van der Waals surface area contributed by atoms with E-state index >= 15 is 0 Å². The Balaban J connectivity index is 1.39. The molecule has 0 fully saturated rings. The molecule has 152 valence electrons. The first-order valence-corrected chi connectivity index (χ1v) is 9.95. The number of guanidine groups is 1. The molecule has 3 N–H and O–H groups in total. The van der Waals surface area contributed by atoms with E-state index in [4.69, 9.17) is 9.47 Å². The molecular formula is C22H26N4O3. The molecule has 0 spiro atoms. The molecule has 1 unspecified atom stereocenters. The van der Waals surface area contributed by atoms with E-state index in [0.717, 1.165) is 34.7 Å². The quantitative estimate of drug-likeness (QED) is 0.548. The van der Waals surface area contributed by atoms with Gasteiger partial charge in [0.1, 0.15) is 0 Å². The van der Waals surface area contributed by atoms with Gasteiger partial charge in [-0.3, -0.25) is 9.79 Å². The average molecular weight is 394 g/mol. The van der Waals surface area contributed by atoms with E-state index in [9.17, 15) is 4.79 Å². The van der Waals surface area contributed by atoms with Crippen molar-refractivity contribution in [2.24, 2.45) is 4.99 Å². The average Bonchev–Trinajstić information content (AvgIpc) is 2.99. The fourth-order valence-electron chi connectivity index (χ4n) is 3.70. The highest BCUT2D eigenvalue weighted by molar-refractivity contribution is 5.94. The molecular weight excluding hydrogens is 368 g/mol. The number of amides is 1. The Kier molecular flexibility index (Phi) is 5.84. The van der Waals surface area contributed by atoms with Crippen molar-refractivity contribution in [1.29, 1.82) is 0 Å². The maximum atomic E-state index is 12.0. The van der Waals surface area contributed by atoms with Crippen molar-refractivity contribution in [2.45, 2.75) is 25.3 Å². The van der Waals surface area contributed by atoms with E-state index in [1.807, 2.05) is 36.4 Å². The largest absolute Gasteiger partial charge is 0.490 e. The maximum Gasteiger partial charge on any atom is 0.225 e. The van der Waals surface area contributed by atoms with Gasteiger partial charge < -0.3 is 25.4 Å². The van der Waals surface area contributed by atoms with Gasteiger partial charge in [-0.25, -0.2) is 0 Å². The lowest BCUT2D eigenvalue weighted by molar-refractivity contribution is -0.116. The van der Waals surface area contributed by atoms with Gasteiger partial charge in [-0.05, 0) is 17.7 Å². The van der Waals surface area contributed by atoms with Crippen LogP contribution in [0.3, 0.4) is 0 Å². The predicted octanol–water partition coefficient (Wildman–Crippen LogP) is 2.64. The van der Waals surface area contributed by atoms with Gasteiger partial charge in [-0.15, -0.1) is 0 Å². The third kappa shape index (κ3) is 4.45. The van der Waals surface area contributed by atoms with Gasteiger partial charge in [0.25, 0.3) is 0 Å². The number of nitrogens with one attached hydrogen (secondary N) is 3. The number of ether oxygens (including phenoxy) is 2. The van der Waals surface area contributed by atoms with Gasteiger partial charge in [-0.2, -0.15) is 0 Å². The van der Waals surface area contributed by atoms with E-state index in [-0.39, 0.29) is 11.8 Å². The summed E-state index contributed by atoms with van der Waals surface area (Å²) in [5.41, 5.74) is 3.06. The molecule has 0 saturated carbocycles. The van der Waals surface area contributed by atoms with E-state index in [1.165, 1.54) is 0 Å². The van der Waals surface area contributed by atoms with Crippen LogP contribution in [-0.2, 0) is 11.3 Å². The maximum absolute atomic E-state index is 12.0. The number of rotatable bonds is 4. The summed E-state index contributed by atoms with van der Waals surface area (Å²) in [5.74, 6) is 2.41. The van der Waals surface area contributed by atoms with Gasteiger partial charge in [0.05, 0.1) is 13.2 Å². The number of para-hydroxylation sites is 2. The molecule has 1 amide bonds. The second kappa shape index (κ2) is 8.86. The lowest BCUT2D eigenvalue weighted by atomic mass is 9.90. The summed E-state index contributed by atoms with van der Waals surface area (Å²) in [4.78, 5) is 16.3. The lowest BCUT2D eigenvalue weighted by Gasteiger charge is -2.26. The first kappa shape index (κ1) is 19.1. The van der Waals surface area contributed by atoms with E-state index in [0.29, 0.717) is 38.7 Å². The summed E-state index contributed by atoms with van der Waals surface area (Å²) in [6.45, 7) is 2.51. The number of carbonyl (C=O) groups is 1. The normalized spacial score (nSPS) is 18.3. The summed E-state index contributed by atoms with van der Waals surface area (Å²) >= 11 is 0. The number of nitrogens with zero attached hydrogens (tertiary/aromatic N) is 1. The molecule has 2 aromatic carbocycles. The van der Waals surface area contributed by atoms with Crippen LogP contribution >= 0.6 is 0 Å². The van der Waals surface area contributed by atoms with Crippen molar-refractivity contribution < 1.29 is 14.3 Å². The van der Waals surface area contributed by atoms with Crippen molar-refractivity contribution in [3.63, 3.8) is 0 Å². The minimum atomic E-state index is 0.0440. The van der Waals surface area contributed by atoms with Crippen LogP contribution in [0.2, 0.25) is 0 Å². The summed E-state index contributed by atoms with van der Waals surface area (Å²) in [6, 6.07) is 13.9. The van der Waals surface area contributed by atoms with Crippen molar-refractivity contribution in [2.75, 3.05) is 32.1 Å². The summed E-state index contributed by atoms with van der Waals surface area (Å²) in [5, 5.41) is 9.62. The Morgan fingerprint density at radius 2 is 2.00 bits per heavy atom. The molecule has 0 radical (unpaired) electrons. The highest BCUT2D eigenvalue weighted by atomic mass is 16.5. The number of anilines is 1. The molecule has 0 aromatic heterocycles. The second-order valence-corrected chi connectivity index (χ2v) is 7.14. The first-order chi connectivity index (χ1) is 14.2. The van der Waals surface area contributed by atoms with Crippen LogP contribution in [0, 0.1) is 0 Å². The van der Waals surface area contributed by atoms with Crippen molar-refractivity contribution in [1.82, 2.24) is 10.6 Å². The number of hydrogen-bond acceptors (Lipinski definition) is 4. The number of hydrogen-bond donors (Lipinski definition) is 3. The fourth-order valence-corrected chi connectivity index (χ4v) is 3.70. The molecule has 2 aromatic rings. The number of aliphatic imine (C=N–C) groups is 1. The molecule has 7 heteroatoms. The first-order valence-electron chi connectivity index (χ1n) is 9.95. The number of fused-ring (bicyclic) bond motifs is 2. The summed E-state index contributed by atoms with van der Waals surface area (Å²) < 4.78 is 11.6. The molecule has 2 aliphatic heterocycles. The van der Waals surface area contributed by atoms with Crippen LogP contribution in [0.5, 0.6) is 11.5 Å². The smallest absolute Gasteiger partial charge is 0.225 e. The summed E-state index contributed by atoms with van der Waals surface area (Å²) in [6.07, 6.45) is 1.33. The Bertz CT molecular complexity index is 913. The molecule has 0 bridgehead atoms. The number of benzene rings is 2. The predicted molar refractivity (Wildman–Crippen MR) is 113 cm³/mol. The van der Waals surface area contributed by atoms with Crippen LogP contribution in [-0.4, -0.2) is 38.7 Å². The van der Waals surface area contributed by atoms with E-state index in [2.05, 4.69) is 27.0 Å². The zero-order chi connectivity index (χ0) is 20.1. The molecule has 0 saturated heterocycles. The Morgan fingerprint density at radius 1 is 1.14 bits per heavy atom. The summed E-state index contributed by atoms with van der Waals surface area (Å²) in [7, 11) is 1.74. The van der Waals surface area contributed by atoms with E-state index in [1.54, 1.807) is 7.05 Å². The fraction of sp³-hybridized carbons (Fsp3) is 0.364. The highest BCUT2D eigenvalue weighted by Crippen LogP contribution is 2.33. The Hall–Kier alpha value is -3.22. The monoisotopic (exact) mass is 394 g/mol. The van der Waals surface area contributed by atoms with Gasteiger partial charge >= 0.3 is 0 Å². The molecule has 1 atom stereocenters. The van der Waals surface area contributed by atoms with Crippen LogP contribution in [0.4, 0.5) is 5.69 Å². The van der Waals surface area contributed by atoms with Crippen LogP contribution < -0.4 is 25.4 Å². The SMILES string of the molecule is CN=C(NCc1cccc2c1OCCCO2)NCC1CC(=O)Nc2ccccc21. The van der Waals surface area contributed by atoms with Gasteiger partial charge in [0.2, 0.25) is 5.91 Å². The van der Waals surface area contributed by atoms with Gasteiger partial charge in [-0.1, -0.05) is 30.3 Å². The van der Waals surface area contributed by atoms with Gasteiger partial charge in [0.15, 0.2) is 17.5 Å². The van der Waals surface area contributed by atoms with Crippen LogP contribution in [0.1, 0.15) is 29.9 Å². The zero-order valence-corrected chi connectivity index (χ0v) is 16.5. The molecule has 2 heterocycles. The third-order valence-corrected chi connectivity index (χ3v) is 5.15. The molecule has 29 heavy (non-hydrogen) atoms.